The van der Waals surface area contributed by atoms with Gasteiger partial charge in [0.05, 0.1) is 6.42 Å². The average Bonchev–Trinajstić information content (AvgIpc) is 2.55. The van der Waals surface area contributed by atoms with Crippen molar-refractivity contribution in [2.75, 3.05) is 6.61 Å². The predicted molar refractivity (Wildman–Crippen MR) is 81.8 cm³/mol. The van der Waals surface area contributed by atoms with E-state index >= 15 is 0 Å². The molecular weight excluding hydrogens is 286 g/mol. The van der Waals surface area contributed by atoms with E-state index < -0.39 is 18.5 Å². The van der Waals surface area contributed by atoms with Crippen LogP contribution in [-0.4, -0.2) is 18.5 Å². The first kappa shape index (κ1) is 16.1. The van der Waals surface area contributed by atoms with Crippen LogP contribution in [0, 0.1) is 0 Å². The Bertz CT molecular complexity index is 607. The Morgan fingerprint density at radius 1 is 1.00 bits per heavy atom. The van der Waals surface area contributed by atoms with Crippen LogP contribution in [0.1, 0.15) is 18.9 Å². The van der Waals surface area contributed by atoms with E-state index in [0.29, 0.717) is 0 Å². The molecule has 0 unspecified atom stereocenters. The Balaban J connectivity index is 1.93. The van der Waals surface area contributed by atoms with E-state index in [1.807, 2.05) is 54.6 Å². The van der Waals surface area contributed by atoms with Crippen molar-refractivity contribution in [1.82, 2.24) is 0 Å². The third kappa shape index (κ3) is 4.65. The normalized spacial score (nSPS) is 11.2. The van der Waals surface area contributed by atoms with Crippen molar-refractivity contribution < 1.29 is 18.3 Å². The van der Waals surface area contributed by atoms with E-state index in [1.54, 1.807) is 0 Å². The Labute approximate surface area is 128 Å². The Hall–Kier alpha value is -2.23. The van der Waals surface area contributed by atoms with E-state index in [9.17, 15) is 13.6 Å². The molecule has 0 radical (unpaired) electrons. The van der Waals surface area contributed by atoms with Crippen LogP contribution in [0.5, 0.6) is 0 Å². The van der Waals surface area contributed by atoms with Crippen LogP contribution in [0.25, 0.3) is 11.1 Å². The Morgan fingerprint density at radius 3 is 2.18 bits per heavy atom. The number of carbonyl (C=O) groups excluding carboxylic acids is 1. The van der Waals surface area contributed by atoms with Gasteiger partial charge in [-0.15, -0.1) is 0 Å². The number of hydrogen-bond donors (Lipinski definition) is 0. The minimum absolute atomic E-state index is 0.00510. The smallest absolute Gasteiger partial charge is 0.310 e. The number of carbonyl (C=O) groups is 1. The van der Waals surface area contributed by atoms with Crippen LogP contribution in [-0.2, 0) is 16.0 Å². The highest BCUT2D eigenvalue weighted by atomic mass is 19.3. The SMILES string of the molecule is CCC(F)(F)COC(=O)Cc1ccc(-c2ccccc2)cc1. The summed E-state index contributed by atoms with van der Waals surface area (Å²) in [6.45, 7) is 0.501. The van der Waals surface area contributed by atoms with Crippen molar-refractivity contribution in [2.45, 2.75) is 25.7 Å². The highest BCUT2D eigenvalue weighted by Crippen LogP contribution is 2.20. The lowest BCUT2D eigenvalue weighted by molar-refractivity contribution is -0.154. The first-order valence-electron chi connectivity index (χ1n) is 7.18. The molecule has 2 aromatic carbocycles. The lowest BCUT2D eigenvalue weighted by Crippen LogP contribution is -2.25. The van der Waals surface area contributed by atoms with E-state index in [1.165, 1.54) is 6.92 Å². The quantitative estimate of drug-likeness (QED) is 0.735. The first-order valence-corrected chi connectivity index (χ1v) is 7.18. The van der Waals surface area contributed by atoms with Gasteiger partial charge in [0, 0.05) is 6.42 Å². The monoisotopic (exact) mass is 304 g/mol. The summed E-state index contributed by atoms with van der Waals surface area (Å²) in [5, 5.41) is 0. The van der Waals surface area contributed by atoms with Crippen LogP contribution >= 0.6 is 0 Å². The molecule has 0 aliphatic carbocycles. The molecule has 22 heavy (non-hydrogen) atoms. The summed E-state index contributed by atoms with van der Waals surface area (Å²) >= 11 is 0. The lowest BCUT2D eigenvalue weighted by atomic mass is 10.0. The summed E-state index contributed by atoms with van der Waals surface area (Å²) in [5.74, 6) is -3.59. The van der Waals surface area contributed by atoms with Gasteiger partial charge in [0.2, 0.25) is 0 Å². The molecule has 4 heteroatoms. The molecule has 0 N–H and O–H groups in total. The molecule has 2 aromatic rings. The maximum atomic E-state index is 13.0. The van der Waals surface area contributed by atoms with Gasteiger partial charge in [0.15, 0.2) is 6.61 Å². The molecule has 0 fully saturated rings. The zero-order chi connectivity index (χ0) is 16.0. The summed E-state index contributed by atoms with van der Waals surface area (Å²) in [7, 11) is 0. The van der Waals surface area contributed by atoms with Crippen LogP contribution in [0.15, 0.2) is 54.6 Å². The summed E-state index contributed by atoms with van der Waals surface area (Å²) in [6, 6.07) is 17.3. The van der Waals surface area contributed by atoms with E-state index in [-0.39, 0.29) is 12.8 Å². The van der Waals surface area contributed by atoms with Gasteiger partial charge in [-0.3, -0.25) is 4.79 Å². The summed E-state index contributed by atoms with van der Waals surface area (Å²) < 4.78 is 30.7. The fourth-order valence-corrected chi connectivity index (χ4v) is 1.95. The van der Waals surface area contributed by atoms with Gasteiger partial charge >= 0.3 is 5.97 Å². The molecule has 0 aromatic heterocycles. The maximum absolute atomic E-state index is 13.0. The fourth-order valence-electron chi connectivity index (χ4n) is 1.95. The molecule has 2 nitrogen and oxygen atoms in total. The van der Waals surface area contributed by atoms with Crippen molar-refractivity contribution in [3.05, 3.63) is 60.2 Å². The molecule has 2 rings (SSSR count). The second-order valence-electron chi connectivity index (χ2n) is 5.11. The molecule has 0 saturated heterocycles. The number of alkyl halides is 2. The van der Waals surface area contributed by atoms with Gasteiger partial charge in [0.25, 0.3) is 5.92 Å². The minimum atomic E-state index is -2.95. The second-order valence-corrected chi connectivity index (χ2v) is 5.11. The third-order valence-corrected chi connectivity index (χ3v) is 3.37. The van der Waals surface area contributed by atoms with Crippen molar-refractivity contribution >= 4 is 5.97 Å². The zero-order valence-electron chi connectivity index (χ0n) is 12.4. The molecule has 0 aliphatic rings. The molecule has 0 bridgehead atoms. The fraction of sp³-hybridized carbons (Fsp3) is 0.278. The van der Waals surface area contributed by atoms with Gasteiger partial charge in [-0.25, -0.2) is 8.78 Å². The third-order valence-electron chi connectivity index (χ3n) is 3.37. The molecular formula is C18H18F2O2. The number of benzene rings is 2. The van der Waals surface area contributed by atoms with Crippen molar-refractivity contribution in [1.29, 1.82) is 0 Å². The predicted octanol–water partition coefficient (Wildman–Crippen LogP) is 4.48. The van der Waals surface area contributed by atoms with Crippen molar-refractivity contribution in [3.8, 4) is 11.1 Å². The van der Waals surface area contributed by atoms with Gasteiger partial charge in [-0.1, -0.05) is 61.5 Å². The number of esters is 1. The number of rotatable bonds is 6. The van der Waals surface area contributed by atoms with Crippen molar-refractivity contribution in [2.24, 2.45) is 0 Å². The van der Waals surface area contributed by atoms with E-state index in [4.69, 9.17) is 0 Å². The van der Waals surface area contributed by atoms with Crippen LogP contribution < -0.4 is 0 Å². The highest BCUT2D eigenvalue weighted by molar-refractivity contribution is 5.73. The summed E-state index contributed by atoms with van der Waals surface area (Å²) in [4.78, 5) is 11.6. The lowest BCUT2D eigenvalue weighted by Gasteiger charge is -2.14. The van der Waals surface area contributed by atoms with E-state index in [0.717, 1.165) is 16.7 Å². The summed E-state index contributed by atoms with van der Waals surface area (Å²) in [5.41, 5.74) is 2.86. The first-order chi connectivity index (χ1) is 10.5. The van der Waals surface area contributed by atoms with Crippen LogP contribution in [0.2, 0.25) is 0 Å². The minimum Gasteiger partial charge on any atom is -0.459 e. The molecule has 0 aliphatic heterocycles. The standard InChI is InChI=1S/C18H18F2O2/c1-2-18(19,20)13-22-17(21)12-14-8-10-16(11-9-14)15-6-4-3-5-7-15/h3-11H,2,12-13H2,1H3. The van der Waals surface area contributed by atoms with Crippen molar-refractivity contribution in [3.63, 3.8) is 0 Å². The zero-order valence-corrected chi connectivity index (χ0v) is 12.4. The second kappa shape index (κ2) is 7.16. The number of ether oxygens (including phenoxy) is 1. The highest BCUT2D eigenvalue weighted by Gasteiger charge is 2.28. The van der Waals surface area contributed by atoms with Gasteiger partial charge in [-0.05, 0) is 16.7 Å². The van der Waals surface area contributed by atoms with Gasteiger partial charge < -0.3 is 4.74 Å². The van der Waals surface area contributed by atoms with E-state index in [2.05, 4.69) is 4.74 Å². The molecule has 0 spiro atoms. The molecule has 0 atom stereocenters. The number of halogens is 2. The largest absolute Gasteiger partial charge is 0.459 e. The topological polar surface area (TPSA) is 26.3 Å². The van der Waals surface area contributed by atoms with Gasteiger partial charge in [0.1, 0.15) is 0 Å². The number of hydrogen-bond acceptors (Lipinski definition) is 2. The Kier molecular flexibility index (Phi) is 5.26. The maximum Gasteiger partial charge on any atom is 0.310 e. The molecule has 116 valence electrons. The van der Waals surface area contributed by atoms with Gasteiger partial charge in [-0.2, -0.15) is 0 Å². The average molecular weight is 304 g/mol. The summed E-state index contributed by atoms with van der Waals surface area (Å²) in [6.07, 6.45) is -0.346. The van der Waals surface area contributed by atoms with Crippen LogP contribution in [0.4, 0.5) is 8.78 Å². The molecule has 0 amide bonds. The molecule has 0 saturated carbocycles. The van der Waals surface area contributed by atoms with Crippen LogP contribution in [0.3, 0.4) is 0 Å². The molecule has 0 heterocycles. The Morgan fingerprint density at radius 2 is 1.59 bits per heavy atom.